The number of hydrogen-bond acceptors (Lipinski definition) is 5. The first kappa shape index (κ1) is 24.3. The molecule has 0 radical (unpaired) electrons. The van der Waals surface area contributed by atoms with Gasteiger partial charge in [0.25, 0.3) is 0 Å². The Morgan fingerprint density at radius 2 is 1.48 bits per heavy atom. The Bertz CT molecular complexity index is 349. The third-order valence-electron chi connectivity index (χ3n) is 3.05. The summed E-state index contributed by atoms with van der Waals surface area (Å²) in [5.41, 5.74) is 0. The molecule has 0 fully saturated rings. The summed E-state index contributed by atoms with van der Waals surface area (Å²) < 4.78 is 26.5. The molecule has 7 heteroatoms. The molecule has 0 unspecified atom stereocenters. The number of aliphatic hydroxyl groups excluding tert-OH is 1. The molecule has 0 spiro atoms. The number of hydrogen-bond donors (Lipinski definition) is 1. The normalized spacial score (nSPS) is 11.0. The molecule has 122 valence electrons. The minimum atomic E-state index is -3.89. The van der Waals surface area contributed by atoms with Crippen LogP contribution < -0.4 is 51.4 Å². The summed E-state index contributed by atoms with van der Waals surface area (Å²) in [5, 5.41) is 8.49. The molecule has 0 aromatic heterocycles. The Morgan fingerprint density at radius 1 is 1.00 bits per heavy atom. The van der Waals surface area contributed by atoms with E-state index in [1.54, 1.807) is 0 Å². The predicted octanol–water partition coefficient (Wildman–Crippen LogP) is -0.111. The maximum atomic E-state index is 11.3. The van der Waals surface area contributed by atoms with Gasteiger partial charge in [0, 0.05) is 6.42 Å². The van der Waals surface area contributed by atoms with Crippen molar-refractivity contribution in [2.24, 2.45) is 0 Å². The van der Waals surface area contributed by atoms with Crippen molar-refractivity contribution in [2.75, 3.05) is 12.4 Å². The minimum Gasteiger partial charge on any atom is -1.00 e. The van der Waals surface area contributed by atoms with Crippen molar-refractivity contribution in [2.45, 2.75) is 71.1 Å². The van der Waals surface area contributed by atoms with Gasteiger partial charge in [-0.05, 0) is 6.42 Å². The molecular weight excluding hydrogens is 319 g/mol. The van der Waals surface area contributed by atoms with E-state index in [1.807, 2.05) is 0 Å². The Kier molecular flexibility index (Phi) is 18.4. The predicted molar refractivity (Wildman–Crippen MR) is 79.9 cm³/mol. The van der Waals surface area contributed by atoms with Crippen LogP contribution >= 0.6 is 0 Å². The first-order chi connectivity index (χ1) is 9.52. The first-order valence-electron chi connectivity index (χ1n) is 7.57. The second kappa shape index (κ2) is 15.9. The zero-order valence-electron chi connectivity index (χ0n) is 14.5. The van der Waals surface area contributed by atoms with E-state index in [0.29, 0.717) is 6.42 Å². The van der Waals surface area contributed by atoms with Crippen LogP contribution in [0, 0.1) is 0 Å². The van der Waals surface area contributed by atoms with Crippen molar-refractivity contribution < 1.29 is 75.3 Å². The van der Waals surface area contributed by atoms with E-state index in [2.05, 4.69) is 11.1 Å². The molecule has 0 atom stereocenters. The van der Waals surface area contributed by atoms with Gasteiger partial charge in [0.05, 0.1) is 6.61 Å². The van der Waals surface area contributed by atoms with Crippen molar-refractivity contribution >= 4 is 16.1 Å². The third-order valence-corrected chi connectivity index (χ3v) is 4.17. The molecule has 0 saturated carbocycles. The fourth-order valence-corrected chi connectivity index (χ4v) is 2.59. The molecule has 0 bridgehead atoms. The maximum Gasteiger partial charge on any atom is 1.00 e. The number of carbonyl (C=O) groups excluding carboxylic acids is 1. The zero-order valence-corrected chi connectivity index (χ0v) is 17.4. The third kappa shape index (κ3) is 17.2. The molecule has 5 nitrogen and oxygen atoms in total. The Morgan fingerprint density at radius 3 is 1.95 bits per heavy atom. The van der Waals surface area contributed by atoms with Gasteiger partial charge in [0.1, 0.15) is 5.75 Å². The van der Waals surface area contributed by atoms with E-state index in [-0.39, 0.29) is 59.2 Å². The van der Waals surface area contributed by atoms with Crippen molar-refractivity contribution in [3.63, 3.8) is 0 Å². The van der Waals surface area contributed by atoms with Crippen molar-refractivity contribution in [1.29, 1.82) is 0 Å². The van der Waals surface area contributed by atoms with E-state index < -0.39 is 28.4 Å². The second-order valence-electron chi connectivity index (χ2n) is 5.02. The average Bonchev–Trinajstić information content (AvgIpc) is 2.36. The van der Waals surface area contributed by atoms with E-state index in [1.165, 1.54) is 38.5 Å². The number of aliphatic hydroxyl groups is 1. The summed E-state index contributed by atoms with van der Waals surface area (Å²) >= 11 is 0. The van der Waals surface area contributed by atoms with Crippen LogP contribution in [0.4, 0.5) is 0 Å². The number of carbonyl (C=O) groups is 1. The monoisotopic (exact) mass is 348 g/mol. The van der Waals surface area contributed by atoms with E-state index in [0.717, 1.165) is 12.8 Å². The Labute approximate surface area is 173 Å². The number of unbranched alkanes of at least 4 members (excludes halogenated alkanes) is 8. The molecule has 0 aromatic carbocycles. The van der Waals surface area contributed by atoms with Gasteiger partial charge in [-0.2, -0.15) is 8.42 Å². The summed E-state index contributed by atoms with van der Waals surface area (Å²) in [6.45, 7) is 1.66. The van der Waals surface area contributed by atoms with Crippen LogP contribution in [0.1, 0.15) is 72.6 Å². The smallest absolute Gasteiger partial charge is 1.00 e. The standard InChI is InChI=1S/C14H28O5S.K.H/c1-2-3-4-5-6-7-8-9-10-11-14(16)19-20(17,18)13-12-15;;/h15H,2-13H2,1H3;;/q;+1;-1. The molecular formula is C14H29KO5S. The molecule has 1 N–H and O–H groups in total. The van der Waals surface area contributed by atoms with Crippen LogP contribution in [-0.4, -0.2) is 31.9 Å². The van der Waals surface area contributed by atoms with Crippen LogP contribution in [-0.2, 0) is 19.1 Å². The van der Waals surface area contributed by atoms with Crippen LogP contribution in [0.15, 0.2) is 0 Å². The fourth-order valence-electron chi connectivity index (χ4n) is 1.92. The van der Waals surface area contributed by atoms with Crippen LogP contribution in [0.5, 0.6) is 0 Å². The van der Waals surface area contributed by atoms with Gasteiger partial charge in [-0.3, -0.25) is 4.79 Å². The van der Waals surface area contributed by atoms with Crippen molar-refractivity contribution in [1.82, 2.24) is 0 Å². The summed E-state index contributed by atoms with van der Waals surface area (Å²) in [7, 11) is -3.89. The van der Waals surface area contributed by atoms with E-state index >= 15 is 0 Å². The summed E-state index contributed by atoms with van der Waals surface area (Å²) in [5.74, 6) is -1.25. The van der Waals surface area contributed by atoms with Gasteiger partial charge >= 0.3 is 67.5 Å². The van der Waals surface area contributed by atoms with Gasteiger partial charge in [0.2, 0.25) is 0 Å². The van der Waals surface area contributed by atoms with Gasteiger partial charge < -0.3 is 10.7 Å². The second-order valence-corrected chi connectivity index (χ2v) is 6.71. The summed E-state index contributed by atoms with van der Waals surface area (Å²) in [6.07, 6.45) is 10.3. The molecule has 0 saturated heterocycles. The molecule has 0 aliphatic heterocycles. The fraction of sp³-hybridized carbons (Fsp3) is 0.929. The Balaban J connectivity index is -0.00000180. The van der Waals surface area contributed by atoms with Gasteiger partial charge in [-0.15, -0.1) is 0 Å². The van der Waals surface area contributed by atoms with Crippen molar-refractivity contribution in [3.05, 3.63) is 0 Å². The largest absolute Gasteiger partial charge is 1.00 e. The zero-order chi connectivity index (χ0) is 15.3. The minimum absolute atomic E-state index is 0. The molecule has 0 heterocycles. The molecule has 0 aliphatic carbocycles. The quantitative estimate of drug-likeness (QED) is 0.285. The summed E-state index contributed by atoms with van der Waals surface area (Å²) in [4.78, 5) is 11.3. The SMILES string of the molecule is CCCCCCCCCCCC(=O)OS(=O)(=O)CCO.[H-].[K+]. The topological polar surface area (TPSA) is 80.7 Å². The Hall–Kier alpha value is 1.02. The van der Waals surface area contributed by atoms with Gasteiger partial charge in [-0.1, -0.05) is 58.3 Å². The van der Waals surface area contributed by atoms with Crippen molar-refractivity contribution in [3.8, 4) is 0 Å². The average molecular weight is 349 g/mol. The first-order valence-corrected chi connectivity index (χ1v) is 9.15. The number of rotatable bonds is 13. The van der Waals surface area contributed by atoms with Crippen LogP contribution in [0.25, 0.3) is 0 Å². The molecule has 0 rings (SSSR count). The van der Waals surface area contributed by atoms with Crippen LogP contribution in [0.3, 0.4) is 0 Å². The van der Waals surface area contributed by atoms with E-state index in [4.69, 9.17) is 5.11 Å². The molecule has 21 heavy (non-hydrogen) atoms. The van der Waals surface area contributed by atoms with Crippen LogP contribution in [0.2, 0.25) is 0 Å². The maximum absolute atomic E-state index is 11.3. The molecule has 0 aromatic rings. The molecule has 0 aliphatic rings. The summed E-state index contributed by atoms with van der Waals surface area (Å²) in [6, 6.07) is 0. The van der Waals surface area contributed by atoms with Gasteiger partial charge in [0.15, 0.2) is 0 Å². The molecule has 0 amide bonds. The van der Waals surface area contributed by atoms with Gasteiger partial charge in [-0.25, -0.2) is 0 Å². The van der Waals surface area contributed by atoms with E-state index in [9.17, 15) is 13.2 Å².